The Morgan fingerprint density at radius 1 is 1.23 bits per heavy atom. The summed E-state index contributed by atoms with van der Waals surface area (Å²) in [6.07, 6.45) is 5.11. The van der Waals surface area contributed by atoms with Crippen LogP contribution in [0.1, 0.15) is 23.1 Å². The van der Waals surface area contributed by atoms with Gasteiger partial charge in [-0.25, -0.2) is 4.98 Å². The molecule has 1 aliphatic rings. The summed E-state index contributed by atoms with van der Waals surface area (Å²) in [4.78, 5) is 15.9. The van der Waals surface area contributed by atoms with E-state index in [1.807, 2.05) is 6.07 Å². The van der Waals surface area contributed by atoms with Crippen LogP contribution in [0.2, 0.25) is 0 Å². The van der Waals surface area contributed by atoms with Crippen LogP contribution in [-0.4, -0.2) is 14.5 Å². The molecule has 0 saturated heterocycles. The van der Waals surface area contributed by atoms with E-state index in [9.17, 15) is 10.0 Å². The molecule has 0 aliphatic heterocycles. The van der Waals surface area contributed by atoms with E-state index in [0.717, 1.165) is 18.4 Å². The Balaban J connectivity index is 1.96. The quantitative estimate of drug-likeness (QED) is 0.753. The maximum absolute atomic E-state index is 11.3. The Morgan fingerprint density at radius 2 is 2.09 bits per heavy atom. The fourth-order valence-electron chi connectivity index (χ4n) is 3.24. The van der Waals surface area contributed by atoms with Crippen molar-refractivity contribution in [3.63, 3.8) is 0 Å². The standard InChI is InChI=1S/C17H15N3O2/c21-10-14-5-2-8-20-16(14)18-15(17(20)19-22)13-7-6-11-3-1-4-12(11)9-13/h2,5-9,21H,1,3-4,10H2. The number of rotatable bonds is 3. The zero-order valence-electron chi connectivity index (χ0n) is 12.0. The number of pyridine rings is 1. The average Bonchev–Trinajstić information content (AvgIpc) is 3.17. The van der Waals surface area contributed by atoms with Crippen LogP contribution in [0.3, 0.4) is 0 Å². The minimum atomic E-state index is -0.122. The van der Waals surface area contributed by atoms with Crippen molar-refractivity contribution < 1.29 is 5.11 Å². The lowest BCUT2D eigenvalue weighted by atomic mass is 10.0. The van der Waals surface area contributed by atoms with Crippen molar-refractivity contribution in [1.29, 1.82) is 0 Å². The van der Waals surface area contributed by atoms with Gasteiger partial charge in [-0.2, -0.15) is 0 Å². The van der Waals surface area contributed by atoms with Gasteiger partial charge in [0, 0.05) is 17.3 Å². The van der Waals surface area contributed by atoms with Crippen LogP contribution in [0.5, 0.6) is 0 Å². The summed E-state index contributed by atoms with van der Waals surface area (Å²) in [5.74, 6) is 0.281. The summed E-state index contributed by atoms with van der Waals surface area (Å²) in [6, 6.07) is 9.80. The smallest absolute Gasteiger partial charge is 0.209 e. The van der Waals surface area contributed by atoms with Crippen molar-refractivity contribution in [3.05, 3.63) is 58.1 Å². The molecule has 3 aromatic rings. The fraction of sp³-hybridized carbons (Fsp3) is 0.235. The lowest BCUT2D eigenvalue weighted by Crippen LogP contribution is -1.90. The molecule has 0 bridgehead atoms. The summed E-state index contributed by atoms with van der Waals surface area (Å²) in [5, 5.41) is 12.6. The zero-order chi connectivity index (χ0) is 15.1. The average molecular weight is 293 g/mol. The molecule has 5 nitrogen and oxygen atoms in total. The Labute approximate surface area is 127 Å². The highest BCUT2D eigenvalue weighted by Gasteiger charge is 2.19. The van der Waals surface area contributed by atoms with Crippen molar-refractivity contribution in [3.8, 4) is 11.3 Å². The first-order chi connectivity index (χ1) is 10.8. The Kier molecular flexibility index (Phi) is 3.01. The molecular weight excluding hydrogens is 278 g/mol. The number of aliphatic hydroxyl groups excluding tert-OH is 1. The van der Waals surface area contributed by atoms with E-state index in [0.29, 0.717) is 16.9 Å². The number of aryl methyl sites for hydroxylation is 2. The second-order valence-electron chi connectivity index (χ2n) is 5.60. The van der Waals surface area contributed by atoms with Crippen LogP contribution in [0.4, 0.5) is 5.82 Å². The minimum Gasteiger partial charge on any atom is -0.392 e. The van der Waals surface area contributed by atoms with Crippen molar-refractivity contribution in [1.82, 2.24) is 9.38 Å². The molecule has 110 valence electrons. The third-order valence-corrected chi connectivity index (χ3v) is 4.33. The van der Waals surface area contributed by atoms with E-state index in [-0.39, 0.29) is 12.4 Å². The number of benzene rings is 1. The van der Waals surface area contributed by atoms with Crippen LogP contribution >= 0.6 is 0 Å². The normalized spacial score (nSPS) is 13.5. The molecule has 0 fully saturated rings. The first-order valence-electron chi connectivity index (χ1n) is 7.38. The minimum absolute atomic E-state index is 0.122. The van der Waals surface area contributed by atoms with Gasteiger partial charge in [0.05, 0.1) is 6.61 Å². The van der Waals surface area contributed by atoms with E-state index in [2.05, 4.69) is 22.3 Å². The first kappa shape index (κ1) is 13.2. The molecule has 2 heterocycles. The molecule has 5 heteroatoms. The number of hydrogen-bond donors (Lipinski definition) is 1. The molecule has 22 heavy (non-hydrogen) atoms. The van der Waals surface area contributed by atoms with Gasteiger partial charge in [-0.3, -0.25) is 4.40 Å². The summed E-state index contributed by atoms with van der Waals surface area (Å²) < 4.78 is 1.64. The van der Waals surface area contributed by atoms with Crippen molar-refractivity contribution in [2.45, 2.75) is 25.9 Å². The summed E-state index contributed by atoms with van der Waals surface area (Å²) in [5.41, 5.74) is 5.45. The number of fused-ring (bicyclic) bond motifs is 2. The van der Waals surface area contributed by atoms with Gasteiger partial charge in [0.1, 0.15) is 11.3 Å². The molecule has 1 N–H and O–H groups in total. The Morgan fingerprint density at radius 3 is 2.91 bits per heavy atom. The van der Waals surface area contributed by atoms with Gasteiger partial charge in [-0.05, 0) is 47.7 Å². The second-order valence-corrected chi connectivity index (χ2v) is 5.60. The molecule has 0 spiro atoms. The highest BCUT2D eigenvalue weighted by Crippen LogP contribution is 2.34. The van der Waals surface area contributed by atoms with Gasteiger partial charge in [-0.15, -0.1) is 4.91 Å². The summed E-state index contributed by atoms with van der Waals surface area (Å²) >= 11 is 0. The molecule has 1 aliphatic carbocycles. The van der Waals surface area contributed by atoms with Crippen LogP contribution in [0.15, 0.2) is 41.7 Å². The van der Waals surface area contributed by atoms with Gasteiger partial charge < -0.3 is 5.11 Å². The van der Waals surface area contributed by atoms with Gasteiger partial charge in [0.2, 0.25) is 5.82 Å². The van der Waals surface area contributed by atoms with Crippen molar-refractivity contribution >= 4 is 11.5 Å². The molecule has 0 saturated carbocycles. The predicted molar refractivity (Wildman–Crippen MR) is 84.0 cm³/mol. The number of aliphatic hydroxyl groups is 1. The molecular formula is C17H15N3O2. The third kappa shape index (κ3) is 1.86. The van der Waals surface area contributed by atoms with Crippen LogP contribution in [0, 0.1) is 4.91 Å². The summed E-state index contributed by atoms with van der Waals surface area (Å²) in [7, 11) is 0. The molecule has 4 rings (SSSR count). The van der Waals surface area contributed by atoms with Gasteiger partial charge in [0.15, 0.2) is 0 Å². The number of hydrogen-bond acceptors (Lipinski definition) is 4. The maximum atomic E-state index is 11.3. The highest BCUT2D eigenvalue weighted by molar-refractivity contribution is 5.76. The Bertz CT molecular complexity index is 883. The van der Waals surface area contributed by atoms with E-state index in [1.165, 1.54) is 17.5 Å². The maximum Gasteiger partial charge on any atom is 0.209 e. The molecule has 0 atom stereocenters. The topological polar surface area (TPSA) is 67.0 Å². The molecule has 0 radical (unpaired) electrons. The predicted octanol–water partition coefficient (Wildman–Crippen LogP) is 3.38. The lowest BCUT2D eigenvalue weighted by molar-refractivity contribution is 0.282. The largest absolute Gasteiger partial charge is 0.392 e. The third-order valence-electron chi connectivity index (χ3n) is 4.33. The van der Waals surface area contributed by atoms with E-state index >= 15 is 0 Å². The first-order valence-corrected chi connectivity index (χ1v) is 7.38. The van der Waals surface area contributed by atoms with Crippen molar-refractivity contribution in [2.24, 2.45) is 5.18 Å². The van der Waals surface area contributed by atoms with Gasteiger partial charge in [-0.1, -0.05) is 18.2 Å². The molecule has 0 amide bonds. The van der Waals surface area contributed by atoms with Crippen LogP contribution in [-0.2, 0) is 19.4 Å². The van der Waals surface area contributed by atoms with E-state index in [4.69, 9.17) is 0 Å². The van der Waals surface area contributed by atoms with E-state index < -0.39 is 0 Å². The zero-order valence-corrected chi connectivity index (χ0v) is 12.0. The highest BCUT2D eigenvalue weighted by atomic mass is 16.3. The SMILES string of the molecule is O=Nc1c(-c2ccc3c(c2)CCC3)nc2c(CO)cccn12. The van der Waals surface area contributed by atoms with Gasteiger partial charge in [0.25, 0.3) is 0 Å². The number of nitrogens with zero attached hydrogens (tertiary/aromatic N) is 3. The van der Waals surface area contributed by atoms with Crippen LogP contribution < -0.4 is 0 Å². The number of aromatic nitrogens is 2. The summed E-state index contributed by atoms with van der Waals surface area (Å²) in [6.45, 7) is -0.122. The van der Waals surface area contributed by atoms with Crippen molar-refractivity contribution in [2.75, 3.05) is 0 Å². The second kappa shape index (κ2) is 5.03. The molecule has 0 unspecified atom stereocenters. The van der Waals surface area contributed by atoms with Crippen LogP contribution in [0.25, 0.3) is 16.9 Å². The van der Waals surface area contributed by atoms with Gasteiger partial charge >= 0.3 is 0 Å². The fourth-order valence-corrected chi connectivity index (χ4v) is 3.24. The Hall–Kier alpha value is -2.53. The van der Waals surface area contributed by atoms with E-state index in [1.54, 1.807) is 22.7 Å². The molecule has 1 aromatic carbocycles. The number of nitroso groups, excluding NO2 is 1. The lowest BCUT2D eigenvalue weighted by Gasteiger charge is -2.02. The monoisotopic (exact) mass is 293 g/mol. The molecule has 2 aromatic heterocycles. The number of imidazole rings is 1.